The van der Waals surface area contributed by atoms with E-state index in [1.807, 2.05) is 13.0 Å². The first kappa shape index (κ1) is 18.8. The Morgan fingerprint density at radius 2 is 2.25 bits per heavy atom. The van der Waals surface area contributed by atoms with Gasteiger partial charge in [-0.15, -0.1) is 0 Å². The van der Waals surface area contributed by atoms with Gasteiger partial charge in [0.2, 0.25) is 0 Å². The molecule has 24 heavy (non-hydrogen) atoms. The molecule has 0 fully saturated rings. The molecule has 8 heteroatoms. The molecule has 2 aromatic rings. The van der Waals surface area contributed by atoms with Gasteiger partial charge in [-0.2, -0.15) is 5.10 Å². The molecule has 0 aliphatic carbocycles. The second-order valence-electron chi connectivity index (χ2n) is 4.90. The van der Waals surface area contributed by atoms with Crippen molar-refractivity contribution in [1.29, 1.82) is 0 Å². The summed E-state index contributed by atoms with van der Waals surface area (Å²) in [5, 5.41) is 7.49. The van der Waals surface area contributed by atoms with Crippen LogP contribution in [-0.2, 0) is 11.5 Å². The van der Waals surface area contributed by atoms with E-state index in [0.29, 0.717) is 36.2 Å². The van der Waals surface area contributed by atoms with Gasteiger partial charge >= 0.3 is 0 Å². The van der Waals surface area contributed by atoms with Crippen LogP contribution in [0, 0.1) is 0 Å². The van der Waals surface area contributed by atoms with Gasteiger partial charge in [-0.3, -0.25) is 4.79 Å². The Morgan fingerprint density at radius 1 is 1.42 bits per heavy atom. The van der Waals surface area contributed by atoms with Crippen molar-refractivity contribution < 1.29 is 14.3 Å². The van der Waals surface area contributed by atoms with Crippen molar-refractivity contribution in [1.82, 2.24) is 15.1 Å². The Hall–Kier alpha value is -1.57. The van der Waals surface area contributed by atoms with Crippen molar-refractivity contribution in [2.24, 2.45) is 0 Å². The van der Waals surface area contributed by atoms with Gasteiger partial charge in [-0.25, -0.2) is 4.68 Å². The summed E-state index contributed by atoms with van der Waals surface area (Å²) in [6.45, 7) is 3.97. The van der Waals surface area contributed by atoms with E-state index >= 15 is 0 Å². The van der Waals surface area contributed by atoms with E-state index in [1.54, 1.807) is 24.4 Å². The third kappa shape index (κ3) is 5.81. The van der Waals surface area contributed by atoms with Gasteiger partial charge in [0.05, 0.1) is 5.02 Å². The van der Waals surface area contributed by atoms with Gasteiger partial charge in [0.25, 0.3) is 5.91 Å². The first-order valence-electron chi connectivity index (χ1n) is 7.57. The van der Waals surface area contributed by atoms with E-state index < -0.39 is 0 Å². The van der Waals surface area contributed by atoms with E-state index in [9.17, 15) is 4.79 Å². The Morgan fingerprint density at radius 3 is 3.00 bits per heavy atom. The highest BCUT2D eigenvalue weighted by Gasteiger charge is 2.09. The van der Waals surface area contributed by atoms with E-state index in [0.717, 1.165) is 10.9 Å². The van der Waals surface area contributed by atoms with Crippen LogP contribution in [-0.4, -0.2) is 35.4 Å². The monoisotopic (exact) mass is 415 g/mol. The minimum atomic E-state index is -0.216. The highest BCUT2D eigenvalue weighted by molar-refractivity contribution is 9.10. The number of amides is 1. The predicted octanol–water partition coefficient (Wildman–Crippen LogP) is 3.49. The third-order valence-electron chi connectivity index (χ3n) is 3.07. The summed E-state index contributed by atoms with van der Waals surface area (Å²) < 4.78 is 13.2. The van der Waals surface area contributed by atoms with E-state index in [1.165, 1.54) is 4.68 Å². The van der Waals surface area contributed by atoms with Crippen LogP contribution < -0.4 is 10.1 Å². The third-order valence-corrected chi connectivity index (χ3v) is 3.86. The summed E-state index contributed by atoms with van der Waals surface area (Å²) in [4.78, 5) is 12.0. The lowest BCUT2D eigenvalue weighted by Gasteiger charge is -2.08. The van der Waals surface area contributed by atoms with Gasteiger partial charge < -0.3 is 14.8 Å². The Kier molecular flexibility index (Phi) is 7.55. The Balaban J connectivity index is 1.81. The molecule has 1 aromatic carbocycles. The van der Waals surface area contributed by atoms with Crippen LogP contribution in [0.15, 0.2) is 34.9 Å². The molecule has 0 aliphatic heterocycles. The first-order valence-corrected chi connectivity index (χ1v) is 8.74. The average Bonchev–Trinajstić information content (AvgIpc) is 3.03. The zero-order chi connectivity index (χ0) is 17.4. The number of carbonyl (C=O) groups excluding carboxylic acids is 1. The largest absolute Gasteiger partial charge is 0.470 e. The standard InChI is InChI=1S/C16H19BrClN3O3/c1-2-23-9-3-7-19-16(22)14-6-8-21(20-14)11-24-15-5-4-12(17)10-13(15)18/h4-6,8,10H,2-3,7,9,11H2,1H3,(H,19,22). The fourth-order valence-electron chi connectivity index (χ4n) is 1.89. The molecule has 2 rings (SSSR count). The summed E-state index contributed by atoms with van der Waals surface area (Å²) in [5.41, 5.74) is 0.344. The van der Waals surface area contributed by atoms with Crippen molar-refractivity contribution in [3.8, 4) is 5.75 Å². The lowest BCUT2D eigenvalue weighted by atomic mass is 10.3. The van der Waals surface area contributed by atoms with Crippen molar-refractivity contribution in [2.75, 3.05) is 19.8 Å². The number of nitrogens with one attached hydrogen (secondary N) is 1. The van der Waals surface area contributed by atoms with Crippen LogP contribution in [0.5, 0.6) is 5.75 Å². The Labute approximate surface area is 154 Å². The van der Waals surface area contributed by atoms with E-state index in [4.69, 9.17) is 21.1 Å². The van der Waals surface area contributed by atoms with Crippen LogP contribution in [0.25, 0.3) is 0 Å². The zero-order valence-electron chi connectivity index (χ0n) is 13.3. The highest BCUT2D eigenvalue weighted by atomic mass is 79.9. The highest BCUT2D eigenvalue weighted by Crippen LogP contribution is 2.27. The SMILES string of the molecule is CCOCCCNC(=O)c1ccn(COc2ccc(Br)cc2Cl)n1. The number of rotatable bonds is 9. The Bertz CT molecular complexity index is 678. The smallest absolute Gasteiger partial charge is 0.271 e. The van der Waals surface area contributed by atoms with Crippen LogP contribution in [0.1, 0.15) is 23.8 Å². The topological polar surface area (TPSA) is 65.4 Å². The molecule has 0 saturated heterocycles. The van der Waals surface area contributed by atoms with Crippen molar-refractivity contribution in [3.05, 3.63) is 45.7 Å². The number of aromatic nitrogens is 2. The second-order valence-corrected chi connectivity index (χ2v) is 6.22. The number of ether oxygens (including phenoxy) is 2. The fraction of sp³-hybridized carbons (Fsp3) is 0.375. The molecule has 0 saturated carbocycles. The average molecular weight is 417 g/mol. The summed E-state index contributed by atoms with van der Waals surface area (Å²) in [5.74, 6) is 0.337. The normalized spacial score (nSPS) is 10.6. The number of carbonyl (C=O) groups is 1. The van der Waals surface area contributed by atoms with Crippen LogP contribution >= 0.6 is 27.5 Å². The van der Waals surface area contributed by atoms with Gasteiger partial charge in [0.1, 0.15) is 11.4 Å². The van der Waals surface area contributed by atoms with Crippen LogP contribution in [0.2, 0.25) is 5.02 Å². The number of hydrogen-bond acceptors (Lipinski definition) is 4. The van der Waals surface area contributed by atoms with E-state index in [2.05, 4.69) is 26.3 Å². The molecule has 6 nitrogen and oxygen atoms in total. The maximum absolute atomic E-state index is 12.0. The van der Waals surface area contributed by atoms with Gasteiger partial charge in [-0.1, -0.05) is 27.5 Å². The van der Waals surface area contributed by atoms with Gasteiger partial charge in [-0.05, 0) is 37.6 Å². The quantitative estimate of drug-likeness (QED) is 0.636. The van der Waals surface area contributed by atoms with Crippen molar-refractivity contribution in [2.45, 2.75) is 20.1 Å². The maximum atomic E-state index is 12.0. The lowest BCUT2D eigenvalue weighted by Crippen LogP contribution is -2.26. The number of nitrogens with zero attached hydrogens (tertiary/aromatic N) is 2. The fourth-order valence-corrected chi connectivity index (χ4v) is 2.62. The maximum Gasteiger partial charge on any atom is 0.271 e. The number of hydrogen-bond donors (Lipinski definition) is 1. The van der Waals surface area contributed by atoms with Crippen LogP contribution in [0.4, 0.5) is 0 Å². The molecule has 130 valence electrons. The molecule has 0 radical (unpaired) electrons. The van der Waals surface area contributed by atoms with Gasteiger partial charge in [0, 0.05) is 30.4 Å². The molecule has 1 N–H and O–H groups in total. The summed E-state index contributed by atoms with van der Waals surface area (Å²) >= 11 is 9.42. The van der Waals surface area contributed by atoms with Crippen molar-refractivity contribution >= 4 is 33.4 Å². The molecular formula is C16H19BrClN3O3. The molecular weight excluding hydrogens is 398 g/mol. The molecule has 0 atom stereocenters. The summed E-state index contributed by atoms with van der Waals surface area (Å²) in [6, 6.07) is 7.00. The number of halogens is 2. The summed E-state index contributed by atoms with van der Waals surface area (Å²) in [7, 11) is 0. The van der Waals surface area contributed by atoms with Crippen molar-refractivity contribution in [3.63, 3.8) is 0 Å². The molecule has 0 spiro atoms. The molecule has 1 amide bonds. The molecule has 1 heterocycles. The molecule has 1 aromatic heterocycles. The molecule has 0 bridgehead atoms. The zero-order valence-corrected chi connectivity index (χ0v) is 15.6. The molecule has 0 unspecified atom stereocenters. The van der Waals surface area contributed by atoms with Gasteiger partial charge in [0.15, 0.2) is 6.73 Å². The minimum absolute atomic E-state index is 0.166. The number of benzene rings is 1. The minimum Gasteiger partial charge on any atom is -0.470 e. The summed E-state index contributed by atoms with van der Waals surface area (Å²) in [6.07, 6.45) is 2.45. The lowest BCUT2D eigenvalue weighted by molar-refractivity contribution is 0.0937. The first-order chi connectivity index (χ1) is 11.6. The predicted molar refractivity (Wildman–Crippen MR) is 95.5 cm³/mol. The second kappa shape index (κ2) is 9.66. The van der Waals surface area contributed by atoms with E-state index in [-0.39, 0.29) is 12.6 Å². The molecule has 0 aliphatic rings. The van der Waals surface area contributed by atoms with Crippen LogP contribution in [0.3, 0.4) is 0 Å².